The predicted octanol–water partition coefficient (Wildman–Crippen LogP) is 3.08. The molecule has 4 aromatic rings. The number of aromatic nitrogens is 2. The van der Waals surface area contributed by atoms with Crippen molar-refractivity contribution in [2.24, 2.45) is 0 Å². The molecule has 5 rings (SSSR count). The number of fused-ring (bicyclic) bond motifs is 2. The van der Waals surface area contributed by atoms with Gasteiger partial charge in [0.05, 0.1) is 11.3 Å². The highest BCUT2D eigenvalue weighted by atomic mass is 16.4. The van der Waals surface area contributed by atoms with Gasteiger partial charge in [-0.15, -0.1) is 0 Å². The highest BCUT2D eigenvalue weighted by molar-refractivity contribution is 5.84. The second-order valence-electron chi connectivity index (χ2n) is 7.19. The van der Waals surface area contributed by atoms with Gasteiger partial charge in [0.25, 0.3) is 0 Å². The zero-order valence-electron chi connectivity index (χ0n) is 15.8. The molecule has 0 spiro atoms. The summed E-state index contributed by atoms with van der Waals surface area (Å²) in [7, 11) is 0. The van der Waals surface area contributed by atoms with Gasteiger partial charge >= 0.3 is 5.63 Å². The number of pyridine rings is 1. The van der Waals surface area contributed by atoms with E-state index < -0.39 is 0 Å². The molecule has 0 atom stereocenters. The second-order valence-corrected chi connectivity index (χ2v) is 7.19. The summed E-state index contributed by atoms with van der Waals surface area (Å²) in [5.74, 6) is 0. The van der Waals surface area contributed by atoms with Crippen molar-refractivity contribution in [2.75, 3.05) is 31.1 Å². The van der Waals surface area contributed by atoms with Crippen LogP contribution in [0, 0.1) is 0 Å². The van der Waals surface area contributed by atoms with Crippen LogP contribution in [0.3, 0.4) is 0 Å². The van der Waals surface area contributed by atoms with Crippen LogP contribution >= 0.6 is 0 Å². The fraction of sp³-hybridized carbons (Fsp3) is 0.273. The van der Waals surface area contributed by atoms with Crippen LogP contribution in [-0.2, 0) is 6.42 Å². The molecule has 28 heavy (non-hydrogen) atoms. The molecule has 4 heterocycles. The molecule has 1 aliphatic rings. The molecular weight excluding hydrogens is 352 g/mol. The molecule has 6 heteroatoms. The molecule has 1 saturated heterocycles. The lowest BCUT2D eigenvalue weighted by molar-refractivity contribution is 0.561. The highest BCUT2D eigenvalue weighted by Crippen LogP contribution is 2.25. The monoisotopic (exact) mass is 374 g/mol. The lowest BCUT2D eigenvalue weighted by atomic mass is 10.1. The van der Waals surface area contributed by atoms with Crippen molar-refractivity contribution in [3.8, 4) is 11.3 Å². The summed E-state index contributed by atoms with van der Waals surface area (Å²) in [6.45, 7) is 5.96. The van der Waals surface area contributed by atoms with Gasteiger partial charge < -0.3 is 19.0 Å². The van der Waals surface area contributed by atoms with Crippen LogP contribution in [0.2, 0.25) is 0 Å². The maximum atomic E-state index is 12.7. The number of hydrogen-bond acceptors (Lipinski definition) is 5. The van der Waals surface area contributed by atoms with Gasteiger partial charge in [0.2, 0.25) is 0 Å². The first-order valence-corrected chi connectivity index (χ1v) is 9.73. The second kappa shape index (κ2) is 6.80. The molecule has 0 saturated carbocycles. The van der Waals surface area contributed by atoms with Gasteiger partial charge in [0.1, 0.15) is 11.2 Å². The van der Waals surface area contributed by atoms with Gasteiger partial charge in [0.15, 0.2) is 0 Å². The number of nitrogens with one attached hydrogen (secondary N) is 1. The van der Waals surface area contributed by atoms with Gasteiger partial charge in [0, 0.05) is 55.7 Å². The summed E-state index contributed by atoms with van der Waals surface area (Å²) in [6.07, 6.45) is 4.90. The van der Waals surface area contributed by atoms with Crippen LogP contribution in [0.15, 0.2) is 58.0 Å². The van der Waals surface area contributed by atoms with Crippen molar-refractivity contribution in [3.63, 3.8) is 0 Å². The van der Waals surface area contributed by atoms with E-state index in [1.165, 1.54) is 5.56 Å². The SMILES string of the molecule is CCc1ccc2nc(-c3cc4ccc(N5CCNCC5)cc4oc3=O)cn2c1. The number of imidazole rings is 1. The molecule has 1 N–H and O–H groups in total. The van der Waals surface area contributed by atoms with Crippen molar-refractivity contribution < 1.29 is 4.42 Å². The van der Waals surface area contributed by atoms with Gasteiger partial charge in [-0.2, -0.15) is 0 Å². The summed E-state index contributed by atoms with van der Waals surface area (Å²) in [5, 5.41) is 4.25. The number of rotatable bonds is 3. The lowest BCUT2D eigenvalue weighted by Crippen LogP contribution is -2.43. The van der Waals surface area contributed by atoms with E-state index in [9.17, 15) is 4.79 Å². The van der Waals surface area contributed by atoms with E-state index in [1.54, 1.807) is 0 Å². The first-order chi connectivity index (χ1) is 13.7. The molecule has 142 valence electrons. The third kappa shape index (κ3) is 2.96. The molecule has 1 fully saturated rings. The third-order valence-corrected chi connectivity index (χ3v) is 5.40. The highest BCUT2D eigenvalue weighted by Gasteiger charge is 2.15. The zero-order valence-corrected chi connectivity index (χ0v) is 15.8. The topological polar surface area (TPSA) is 62.8 Å². The molecule has 0 amide bonds. The minimum absolute atomic E-state index is 0.357. The van der Waals surface area contributed by atoms with E-state index in [2.05, 4.69) is 34.3 Å². The average molecular weight is 374 g/mol. The Kier molecular flexibility index (Phi) is 4.13. The summed E-state index contributed by atoms with van der Waals surface area (Å²) in [6, 6.07) is 12.0. The third-order valence-electron chi connectivity index (χ3n) is 5.40. The summed E-state index contributed by atoms with van der Waals surface area (Å²) in [4.78, 5) is 19.6. The van der Waals surface area contributed by atoms with Crippen LogP contribution in [-0.4, -0.2) is 35.6 Å². The Morgan fingerprint density at radius 1 is 1.11 bits per heavy atom. The molecule has 0 bridgehead atoms. The predicted molar refractivity (Wildman–Crippen MR) is 111 cm³/mol. The van der Waals surface area contributed by atoms with E-state index in [4.69, 9.17) is 4.42 Å². The Morgan fingerprint density at radius 2 is 1.96 bits per heavy atom. The van der Waals surface area contributed by atoms with Crippen molar-refractivity contribution in [3.05, 3.63) is 64.8 Å². The molecule has 0 unspecified atom stereocenters. The zero-order chi connectivity index (χ0) is 19.1. The minimum Gasteiger partial charge on any atom is -0.422 e. The largest absolute Gasteiger partial charge is 0.422 e. The van der Waals surface area contributed by atoms with Crippen molar-refractivity contribution >= 4 is 22.3 Å². The van der Waals surface area contributed by atoms with Crippen molar-refractivity contribution in [2.45, 2.75) is 13.3 Å². The molecule has 1 aliphatic heterocycles. The van der Waals surface area contributed by atoms with Crippen LogP contribution in [0.4, 0.5) is 5.69 Å². The fourth-order valence-corrected chi connectivity index (χ4v) is 3.77. The van der Waals surface area contributed by atoms with Gasteiger partial charge in [-0.25, -0.2) is 9.78 Å². The van der Waals surface area contributed by atoms with E-state index in [-0.39, 0.29) is 5.63 Å². The Morgan fingerprint density at radius 3 is 2.79 bits per heavy atom. The standard InChI is InChI=1S/C22H22N4O2/c1-2-15-3-6-21-24-19(14-26(21)13-15)18-11-16-4-5-17(12-20(16)28-22(18)27)25-9-7-23-8-10-25/h3-6,11-14,23H,2,7-10H2,1H3. The van der Waals surface area contributed by atoms with Crippen LogP contribution in [0.25, 0.3) is 27.9 Å². The lowest BCUT2D eigenvalue weighted by Gasteiger charge is -2.29. The molecule has 0 aliphatic carbocycles. The fourth-order valence-electron chi connectivity index (χ4n) is 3.77. The van der Waals surface area contributed by atoms with E-state index >= 15 is 0 Å². The van der Waals surface area contributed by atoms with Crippen LogP contribution in [0.1, 0.15) is 12.5 Å². The molecule has 3 aromatic heterocycles. The van der Waals surface area contributed by atoms with E-state index in [0.717, 1.165) is 49.3 Å². The normalized spacial score (nSPS) is 14.8. The summed E-state index contributed by atoms with van der Waals surface area (Å²) in [5.41, 5.74) is 4.51. The van der Waals surface area contributed by atoms with Gasteiger partial charge in [-0.3, -0.25) is 0 Å². The maximum Gasteiger partial charge on any atom is 0.345 e. The number of benzene rings is 1. The summed E-state index contributed by atoms with van der Waals surface area (Å²) >= 11 is 0. The molecule has 1 aromatic carbocycles. The number of aryl methyl sites for hydroxylation is 1. The Balaban J connectivity index is 1.56. The smallest absolute Gasteiger partial charge is 0.345 e. The van der Waals surface area contributed by atoms with Gasteiger partial charge in [-0.1, -0.05) is 13.0 Å². The number of anilines is 1. The molecule has 6 nitrogen and oxygen atoms in total. The number of hydrogen-bond donors (Lipinski definition) is 1. The first-order valence-electron chi connectivity index (χ1n) is 9.73. The van der Waals surface area contributed by atoms with Crippen molar-refractivity contribution in [1.29, 1.82) is 0 Å². The Labute approximate surface area is 162 Å². The Hall–Kier alpha value is -3.12. The number of piperazine rings is 1. The maximum absolute atomic E-state index is 12.7. The minimum atomic E-state index is -0.357. The molecular formula is C22H22N4O2. The number of nitrogens with zero attached hydrogens (tertiary/aromatic N) is 3. The summed E-state index contributed by atoms with van der Waals surface area (Å²) < 4.78 is 7.64. The van der Waals surface area contributed by atoms with E-state index in [1.807, 2.05) is 41.1 Å². The van der Waals surface area contributed by atoms with Gasteiger partial charge in [-0.05, 0) is 36.2 Å². The first kappa shape index (κ1) is 17.0. The average Bonchev–Trinajstić information content (AvgIpc) is 3.16. The van der Waals surface area contributed by atoms with Crippen molar-refractivity contribution in [1.82, 2.24) is 14.7 Å². The van der Waals surface area contributed by atoms with Crippen LogP contribution in [0.5, 0.6) is 0 Å². The molecule has 0 radical (unpaired) electrons. The van der Waals surface area contributed by atoms with Crippen LogP contribution < -0.4 is 15.8 Å². The Bertz CT molecular complexity index is 1220. The van der Waals surface area contributed by atoms with E-state index in [0.29, 0.717) is 16.8 Å². The quantitative estimate of drug-likeness (QED) is 0.559.